The molecular formula is C25H20BrCl3N4O4S. The van der Waals surface area contributed by atoms with Crippen molar-refractivity contribution < 1.29 is 14.4 Å². The Morgan fingerprint density at radius 1 is 1.08 bits per heavy atom. The number of thioether (sulfide) groups is 1. The zero-order valence-electron chi connectivity index (χ0n) is 20.0. The average Bonchev–Trinajstić information content (AvgIpc) is 3.24. The van der Waals surface area contributed by atoms with Gasteiger partial charge in [0.25, 0.3) is 0 Å². The minimum absolute atomic E-state index is 0.210. The van der Waals surface area contributed by atoms with E-state index in [4.69, 9.17) is 44.3 Å². The number of halogens is 4. The van der Waals surface area contributed by atoms with Crippen LogP contribution in [0.4, 0.5) is 0 Å². The second-order valence-electron chi connectivity index (χ2n) is 8.03. The number of hydrogen-bond acceptors (Lipinski definition) is 7. The molecule has 0 spiro atoms. The van der Waals surface area contributed by atoms with Crippen molar-refractivity contribution in [3.8, 4) is 17.2 Å². The molecule has 0 fully saturated rings. The number of methoxy groups -OCH3 is 1. The number of nitrogens with zero attached hydrogens (tertiary/aromatic N) is 4. The molecule has 0 radical (unpaired) electrons. The molecule has 0 aliphatic heterocycles. The van der Waals surface area contributed by atoms with Gasteiger partial charge in [0.05, 0.1) is 21.6 Å². The standard InChI is InChI=1S/C25H20BrCl3N4O4S/c1-14-30-31-25(33(14)18-6-4-17(27)5-7-18)38-23(12-32(34)35)16-10-19(26)24(22(11-16)36-2)37-13-15-3-8-20(28)21(29)9-15/h3-11,23H,12-13H2,1-2H3/t23-/m1/s1. The molecule has 0 saturated heterocycles. The van der Waals surface area contributed by atoms with Crippen LogP contribution in [0, 0.1) is 17.0 Å². The second kappa shape index (κ2) is 12.6. The molecule has 13 heteroatoms. The lowest BCUT2D eigenvalue weighted by Gasteiger charge is -2.18. The number of nitro groups is 1. The van der Waals surface area contributed by atoms with Gasteiger partial charge in [-0.3, -0.25) is 14.7 Å². The molecule has 0 aliphatic carbocycles. The van der Waals surface area contributed by atoms with Crippen LogP contribution >= 0.6 is 62.5 Å². The van der Waals surface area contributed by atoms with E-state index in [1.54, 1.807) is 36.4 Å². The van der Waals surface area contributed by atoms with Gasteiger partial charge in [-0.1, -0.05) is 52.6 Å². The van der Waals surface area contributed by atoms with Gasteiger partial charge in [0, 0.05) is 15.6 Å². The van der Waals surface area contributed by atoms with Crippen molar-refractivity contribution in [1.29, 1.82) is 0 Å². The zero-order chi connectivity index (χ0) is 27.4. The molecule has 4 rings (SSSR count). The van der Waals surface area contributed by atoms with Crippen LogP contribution in [-0.4, -0.2) is 33.3 Å². The van der Waals surface area contributed by atoms with Crippen molar-refractivity contribution in [3.05, 3.63) is 101 Å². The van der Waals surface area contributed by atoms with Gasteiger partial charge in [-0.25, -0.2) is 0 Å². The van der Waals surface area contributed by atoms with Gasteiger partial charge in [0.15, 0.2) is 16.7 Å². The fourth-order valence-corrected chi connectivity index (χ4v) is 5.81. The summed E-state index contributed by atoms with van der Waals surface area (Å²) in [7, 11) is 1.51. The van der Waals surface area contributed by atoms with E-state index in [0.717, 1.165) is 11.3 Å². The zero-order valence-corrected chi connectivity index (χ0v) is 24.7. The Kier molecular flexibility index (Phi) is 9.43. The molecule has 0 saturated carbocycles. The minimum Gasteiger partial charge on any atom is -0.493 e. The van der Waals surface area contributed by atoms with Crippen molar-refractivity contribution >= 4 is 62.5 Å². The summed E-state index contributed by atoms with van der Waals surface area (Å²) in [6.07, 6.45) is 0. The summed E-state index contributed by atoms with van der Waals surface area (Å²) in [5, 5.41) is 21.5. The molecular weight excluding hydrogens is 639 g/mol. The van der Waals surface area contributed by atoms with Crippen LogP contribution in [0.3, 0.4) is 0 Å². The lowest BCUT2D eigenvalue weighted by Crippen LogP contribution is -2.12. The number of hydrogen-bond donors (Lipinski definition) is 0. The van der Waals surface area contributed by atoms with Gasteiger partial charge < -0.3 is 9.47 Å². The Morgan fingerprint density at radius 2 is 1.82 bits per heavy atom. The highest BCUT2D eigenvalue weighted by Gasteiger charge is 2.26. The Labute approximate surface area is 246 Å². The van der Waals surface area contributed by atoms with Crippen LogP contribution in [0.2, 0.25) is 15.1 Å². The van der Waals surface area contributed by atoms with Crippen molar-refractivity contribution in [3.63, 3.8) is 0 Å². The maximum atomic E-state index is 11.6. The van der Waals surface area contributed by atoms with E-state index >= 15 is 0 Å². The maximum absolute atomic E-state index is 11.6. The van der Waals surface area contributed by atoms with Crippen LogP contribution < -0.4 is 9.47 Å². The van der Waals surface area contributed by atoms with Crippen molar-refractivity contribution in [1.82, 2.24) is 14.8 Å². The lowest BCUT2D eigenvalue weighted by molar-refractivity contribution is -0.479. The number of aryl methyl sites for hydroxylation is 1. The van der Waals surface area contributed by atoms with Gasteiger partial charge in [0.1, 0.15) is 17.7 Å². The summed E-state index contributed by atoms with van der Waals surface area (Å²) in [4.78, 5) is 11.3. The van der Waals surface area contributed by atoms with Gasteiger partial charge in [0.2, 0.25) is 6.54 Å². The van der Waals surface area contributed by atoms with Crippen LogP contribution in [0.1, 0.15) is 22.2 Å². The monoisotopic (exact) mass is 656 g/mol. The van der Waals surface area contributed by atoms with Crippen molar-refractivity contribution in [2.24, 2.45) is 0 Å². The predicted octanol–water partition coefficient (Wildman–Crippen LogP) is 8.00. The van der Waals surface area contributed by atoms with Gasteiger partial charge >= 0.3 is 0 Å². The highest BCUT2D eigenvalue weighted by atomic mass is 79.9. The molecule has 0 N–H and O–H groups in total. The van der Waals surface area contributed by atoms with E-state index < -0.39 is 5.25 Å². The second-order valence-corrected chi connectivity index (χ2v) is 11.3. The van der Waals surface area contributed by atoms with E-state index in [2.05, 4.69) is 26.1 Å². The smallest absolute Gasteiger partial charge is 0.220 e. The third-order valence-electron chi connectivity index (χ3n) is 5.43. The Bertz CT molecular complexity index is 1470. The first-order valence-corrected chi connectivity index (χ1v) is 13.9. The van der Waals surface area contributed by atoms with Crippen LogP contribution in [0.5, 0.6) is 11.5 Å². The van der Waals surface area contributed by atoms with E-state index in [-0.39, 0.29) is 18.1 Å². The Morgan fingerprint density at radius 3 is 2.47 bits per heavy atom. The number of aromatic nitrogens is 3. The third kappa shape index (κ3) is 6.73. The normalized spacial score (nSPS) is 11.8. The number of benzene rings is 3. The highest BCUT2D eigenvalue weighted by Crippen LogP contribution is 2.43. The van der Waals surface area contributed by atoms with Crippen LogP contribution in [-0.2, 0) is 6.61 Å². The molecule has 8 nitrogen and oxygen atoms in total. The number of rotatable bonds is 10. The summed E-state index contributed by atoms with van der Waals surface area (Å²) < 4.78 is 14.0. The Balaban J connectivity index is 1.64. The van der Waals surface area contributed by atoms with E-state index in [1.807, 2.05) is 29.7 Å². The molecule has 1 heterocycles. The summed E-state index contributed by atoms with van der Waals surface area (Å²) in [5.41, 5.74) is 2.26. The summed E-state index contributed by atoms with van der Waals surface area (Å²) in [5.74, 6) is 1.51. The Hall–Kier alpha value is -2.50. The molecule has 0 amide bonds. The molecule has 3 aromatic carbocycles. The SMILES string of the molecule is COc1cc([C@@H](C[N+](=O)[O-])Sc2nnc(C)n2-c2ccc(Cl)cc2)cc(Br)c1OCc1ccc(Cl)c(Cl)c1. The van der Waals surface area contributed by atoms with E-state index in [1.165, 1.54) is 18.9 Å². The summed E-state index contributed by atoms with van der Waals surface area (Å²) >= 11 is 22.9. The molecule has 1 aromatic heterocycles. The largest absolute Gasteiger partial charge is 0.493 e. The topological polar surface area (TPSA) is 92.3 Å². The van der Waals surface area contributed by atoms with E-state index in [0.29, 0.717) is 47.6 Å². The maximum Gasteiger partial charge on any atom is 0.220 e. The first-order chi connectivity index (χ1) is 18.2. The first-order valence-electron chi connectivity index (χ1n) is 11.1. The first kappa shape index (κ1) is 28.5. The molecule has 38 heavy (non-hydrogen) atoms. The van der Waals surface area contributed by atoms with Gasteiger partial charge in [-0.15, -0.1) is 10.2 Å². The van der Waals surface area contributed by atoms with Crippen molar-refractivity contribution in [2.45, 2.75) is 23.9 Å². The fraction of sp³-hybridized carbons (Fsp3) is 0.200. The van der Waals surface area contributed by atoms with Crippen LogP contribution in [0.15, 0.2) is 64.2 Å². The van der Waals surface area contributed by atoms with E-state index in [9.17, 15) is 10.1 Å². The quantitative estimate of drug-likeness (QED) is 0.0969. The molecule has 4 aromatic rings. The molecule has 0 unspecified atom stereocenters. The van der Waals surface area contributed by atoms with Crippen molar-refractivity contribution in [2.75, 3.05) is 13.7 Å². The van der Waals surface area contributed by atoms with Crippen LogP contribution in [0.25, 0.3) is 5.69 Å². The molecule has 0 aliphatic rings. The summed E-state index contributed by atoms with van der Waals surface area (Å²) in [6, 6.07) is 15.9. The highest BCUT2D eigenvalue weighted by molar-refractivity contribution is 9.10. The number of ether oxygens (including phenoxy) is 2. The molecule has 198 valence electrons. The van der Waals surface area contributed by atoms with Gasteiger partial charge in [-0.2, -0.15) is 0 Å². The molecule has 1 atom stereocenters. The fourth-order valence-electron chi connectivity index (χ4n) is 3.63. The molecule has 0 bridgehead atoms. The average molecular weight is 659 g/mol. The minimum atomic E-state index is -0.603. The third-order valence-corrected chi connectivity index (χ3v) is 8.19. The predicted molar refractivity (Wildman–Crippen MR) is 153 cm³/mol. The summed E-state index contributed by atoms with van der Waals surface area (Å²) in [6.45, 7) is 1.67. The lowest BCUT2D eigenvalue weighted by atomic mass is 10.1. The van der Waals surface area contributed by atoms with Gasteiger partial charge in [-0.05, 0) is 82.5 Å².